The number of benzene rings is 1. The van der Waals surface area contributed by atoms with E-state index < -0.39 is 10.0 Å². The van der Waals surface area contributed by atoms with Gasteiger partial charge in [-0.25, -0.2) is 4.79 Å². The molecule has 2 rings (SSSR count). The topological polar surface area (TPSA) is 76.0 Å². The van der Waals surface area contributed by atoms with Gasteiger partial charge in [0.05, 0.1) is 11.5 Å². The predicted octanol–water partition coefficient (Wildman–Crippen LogP) is 3.49. The summed E-state index contributed by atoms with van der Waals surface area (Å²) >= 11 is 1.38. The van der Waals surface area contributed by atoms with E-state index in [2.05, 4.69) is 4.40 Å². The zero-order valence-corrected chi connectivity index (χ0v) is 17.1. The van der Waals surface area contributed by atoms with Gasteiger partial charge in [0.1, 0.15) is 11.2 Å². The van der Waals surface area contributed by atoms with Crippen molar-refractivity contribution in [2.45, 2.75) is 25.7 Å². The third-order valence-electron chi connectivity index (χ3n) is 3.70. The first-order chi connectivity index (χ1) is 12.2. The van der Waals surface area contributed by atoms with Crippen molar-refractivity contribution in [2.75, 3.05) is 20.7 Å². The third kappa shape index (κ3) is 4.31. The highest BCUT2D eigenvalue weighted by Gasteiger charge is 2.22. The van der Waals surface area contributed by atoms with Crippen molar-refractivity contribution in [2.24, 2.45) is 4.40 Å². The molecule has 0 radical (unpaired) electrons. The van der Waals surface area contributed by atoms with Gasteiger partial charge in [-0.05, 0) is 44.0 Å². The van der Waals surface area contributed by atoms with Crippen LogP contribution in [0.4, 0.5) is 0 Å². The Kier molecular flexibility index (Phi) is 6.20. The number of esters is 1. The Hall–Kier alpha value is -2.19. The van der Waals surface area contributed by atoms with Gasteiger partial charge in [0, 0.05) is 24.5 Å². The van der Waals surface area contributed by atoms with Gasteiger partial charge in [-0.3, -0.25) is 0 Å². The number of thiophene rings is 1. The van der Waals surface area contributed by atoms with Crippen LogP contribution in [0.3, 0.4) is 0 Å². The Morgan fingerprint density at radius 1 is 1.23 bits per heavy atom. The molecule has 0 spiro atoms. The van der Waals surface area contributed by atoms with Gasteiger partial charge in [-0.15, -0.1) is 15.7 Å². The highest BCUT2D eigenvalue weighted by Crippen LogP contribution is 2.36. The molecule has 0 amide bonds. The van der Waals surface area contributed by atoms with Crippen LogP contribution in [0.5, 0.6) is 0 Å². The molecule has 0 aliphatic rings. The number of nitrogens with zero attached hydrogens (tertiary/aromatic N) is 2. The average molecular weight is 395 g/mol. The first-order valence-electron chi connectivity index (χ1n) is 8.01. The van der Waals surface area contributed by atoms with Crippen LogP contribution in [-0.2, 0) is 14.8 Å². The standard InChI is InChI=1S/C18H22N2O4S2/c1-6-24-18(21)17-16(12(2)13(3)25-17)14-7-9-15(10-8-14)26(22,23)19-11-20(4)5/h7-11H,6H2,1-5H3/b19-11+. The Balaban J connectivity index is 2.45. The monoisotopic (exact) mass is 394 g/mol. The molecular weight excluding hydrogens is 372 g/mol. The van der Waals surface area contributed by atoms with E-state index in [9.17, 15) is 13.2 Å². The van der Waals surface area contributed by atoms with E-state index in [-0.39, 0.29) is 10.9 Å². The molecule has 140 valence electrons. The van der Waals surface area contributed by atoms with Gasteiger partial charge in [0.15, 0.2) is 0 Å². The highest BCUT2D eigenvalue weighted by atomic mass is 32.2. The van der Waals surface area contributed by atoms with Crippen LogP contribution in [-0.4, -0.2) is 46.3 Å². The van der Waals surface area contributed by atoms with Gasteiger partial charge in [-0.2, -0.15) is 8.42 Å². The second-order valence-electron chi connectivity index (χ2n) is 5.89. The molecule has 2 aromatic rings. The molecular formula is C18H22N2O4S2. The van der Waals surface area contributed by atoms with Gasteiger partial charge in [0.2, 0.25) is 0 Å². The van der Waals surface area contributed by atoms with Crippen molar-refractivity contribution in [3.63, 3.8) is 0 Å². The number of aryl methyl sites for hydroxylation is 1. The van der Waals surface area contributed by atoms with E-state index in [1.165, 1.54) is 29.8 Å². The van der Waals surface area contributed by atoms with Crippen molar-refractivity contribution in [1.82, 2.24) is 4.90 Å². The lowest BCUT2D eigenvalue weighted by molar-refractivity contribution is 0.0533. The van der Waals surface area contributed by atoms with Crippen LogP contribution >= 0.6 is 11.3 Å². The second-order valence-corrected chi connectivity index (χ2v) is 8.75. The zero-order chi connectivity index (χ0) is 19.5. The molecule has 0 unspecified atom stereocenters. The van der Waals surface area contributed by atoms with Crippen LogP contribution in [0.25, 0.3) is 11.1 Å². The summed E-state index contributed by atoms with van der Waals surface area (Å²) < 4.78 is 33.2. The normalized spacial score (nSPS) is 11.7. The Labute approximate surface area is 158 Å². The number of carbonyl (C=O) groups excluding carboxylic acids is 1. The smallest absolute Gasteiger partial charge is 0.348 e. The second kappa shape index (κ2) is 8.01. The molecule has 0 saturated heterocycles. The Bertz CT molecular complexity index is 927. The third-order valence-corrected chi connectivity index (χ3v) is 6.13. The van der Waals surface area contributed by atoms with Crippen molar-refractivity contribution >= 4 is 33.7 Å². The van der Waals surface area contributed by atoms with Crippen LogP contribution < -0.4 is 0 Å². The molecule has 0 fully saturated rings. The minimum Gasteiger partial charge on any atom is -0.462 e. The van der Waals surface area contributed by atoms with E-state index in [4.69, 9.17) is 4.74 Å². The molecule has 8 heteroatoms. The fraction of sp³-hybridized carbons (Fsp3) is 0.333. The zero-order valence-electron chi connectivity index (χ0n) is 15.4. The van der Waals surface area contributed by atoms with Crippen LogP contribution in [0, 0.1) is 13.8 Å². The molecule has 0 N–H and O–H groups in total. The minimum atomic E-state index is -3.76. The van der Waals surface area contributed by atoms with Gasteiger partial charge >= 0.3 is 5.97 Å². The summed E-state index contributed by atoms with van der Waals surface area (Å²) in [5.74, 6) is -0.365. The summed E-state index contributed by atoms with van der Waals surface area (Å²) in [5, 5.41) is 0. The summed E-state index contributed by atoms with van der Waals surface area (Å²) in [6.07, 6.45) is 1.24. The molecule has 0 bridgehead atoms. The Morgan fingerprint density at radius 2 is 1.85 bits per heavy atom. The van der Waals surface area contributed by atoms with Crippen molar-refractivity contribution < 1.29 is 17.9 Å². The first kappa shape index (κ1) is 20.1. The average Bonchev–Trinajstić information content (AvgIpc) is 2.89. The summed E-state index contributed by atoms with van der Waals surface area (Å²) in [4.78, 5) is 15.5. The molecule has 1 heterocycles. The summed E-state index contributed by atoms with van der Waals surface area (Å²) in [7, 11) is -0.365. The van der Waals surface area contributed by atoms with Crippen LogP contribution in [0.1, 0.15) is 27.0 Å². The number of sulfonamides is 1. The van der Waals surface area contributed by atoms with Crippen molar-refractivity contribution in [3.05, 3.63) is 39.6 Å². The van der Waals surface area contributed by atoms with Crippen molar-refractivity contribution in [1.29, 1.82) is 0 Å². The van der Waals surface area contributed by atoms with Crippen LogP contribution in [0.15, 0.2) is 33.6 Å². The predicted molar refractivity (Wildman–Crippen MR) is 105 cm³/mol. The van der Waals surface area contributed by atoms with Gasteiger partial charge < -0.3 is 9.64 Å². The number of ether oxygens (including phenoxy) is 1. The van der Waals surface area contributed by atoms with Crippen LogP contribution in [0.2, 0.25) is 0 Å². The fourth-order valence-corrected chi connectivity index (χ4v) is 4.32. The maximum atomic E-state index is 12.2. The molecule has 1 aromatic heterocycles. The Morgan fingerprint density at radius 3 is 2.38 bits per heavy atom. The highest BCUT2D eigenvalue weighted by molar-refractivity contribution is 7.90. The fourth-order valence-electron chi connectivity index (χ4n) is 2.33. The molecule has 6 nitrogen and oxygen atoms in total. The van der Waals surface area contributed by atoms with E-state index in [0.29, 0.717) is 11.5 Å². The molecule has 1 aromatic carbocycles. The summed E-state index contributed by atoms with van der Waals surface area (Å²) in [5.41, 5.74) is 2.54. The molecule has 0 aliphatic heterocycles. The summed E-state index contributed by atoms with van der Waals surface area (Å²) in [6.45, 7) is 5.95. The number of hydrogen-bond acceptors (Lipinski definition) is 5. The molecule has 0 saturated carbocycles. The molecule has 26 heavy (non-hydrogen) atoms. The number of rotatable bonds is 6. The first-order valence-corrected chi connectivity index (χ1v) is 10.3. The SMILES string of the molecule is CCOC(=O)c1sc(C)c(C)c1-c1ccc(S(=O)(=O)/N=C/N(C)C)cc1. The van der Waals surface area contributed by atoms with E-state index in [0.717, 1.165) is 21.6 Å². The van der Waals surface area contributed by atoms with E-state index in [1.54, 1.807) is 38.1 Å². The summed E-state index contributed by atoms with van der Waals surface area (Å²) in [6, 6.07) is 6.38. The van der Waals surface area contributed by atoms with Gasteiger partial charge in [-0.1, -0.05) is 12.1 Å². The number of carbonyl (C=O) groups is 1. The minimum absolute atomic E-state index is 0.0987. The number of hydrogen-bond donors (Lipinski definition) is 0. The molecule has 0 aliphatic carbocycles. The lowest BCUT2D eigenvalue weighted by atomic mass is 10.0. The quantitative estimate of drug-likeness (QED) is 0.426. The lowest BCUT2D eigenvalue weighted by Gasteiger charge is -2.07. The lowest BCUT2D eigenvalue weighted by Crippen LogP contribution is -2.10. The van der Waals surface area contributed by atoms with E-state index in [1.807, 2.05) is 13.8 Å². The maximum Gasteiger partial charge on any atom is 0.348 e. The maximum absolute atomic E-state index is 12.2. The van der Waals surface area contributed by atoms with E-state index >= 15 is 0 Å². The molecule has 0 atom stereocenters. The van der Waals surface area contributed by atoms with Crippen molar-refractivity contribution in [3.8, 4) is 11.1 Å². The largest absolute Gasteiger partial charge is 0.462 e. The van der Waals surface area contributed by atoms with Gasteiger partial charge in [0.25, 0.3) is 10.0 Å².